The molecule has 182 valence electrons. The van der Waals surface area contributed by atoms with Crippen LogP contribution in [0.1, 0.15) is 24.6 Å². The van der Waals surface area contributed by atoms with Gasteiger partial charge in [-0.05, 0) is 68.5 Å². The van der Waals surface area contributed by atoms with E-state index in [1.54, 1.807) is 0 Å². The van der Waals surface area contributed by atoms with E-state index >= 15 is 0 Å². The zero-order valence-corrected chi connectivity index (χ0v) is 21.5. The molecular weight excluding hydrogens is 456 g/mol. The average Bonchev–Trinajstić information content (AvgIpc) is 2.83. The lowest BCUT2D eigenvalue weighted by molar-refractivity contribution is 0.768. The molecule has 4 N–H and O–H groups in total. The summed E-state index contributed by atoms with van der Waals surface area (Å²) in [5, 5.41) is 8.21. The van der Waals surface area contributed by atoms with E-state index in [2.05, 4.69) is 73.6 Å². The first-order chi connectivity index (χ1) is 16.9. The van der Waals surface area contributed by atoms with Gasteiger partial charge in [-0.3, -0.25) is 4.98 Å². The Morgan fingerprint density at radius 2 is 1.77 bits per heavy atom. The minimum Gasteiger partial charge on any atom is -0.398 e. The minimum absolute atomic E-state index is 0.481. The third-order valence-corrected chi connectivity index (χ3v) is 6.10. The Hall–Kier alpha value is -3.59. The van der Waals surface area contributed by atoms with Crippen LogP contribution in [0.4, 0.5) is 29.0 Å². The lowest BCUT2D eigenvalue weighted by Crippen LogP contribution is -2.30. The minimum atomic E-state index is 0.481. The van der Waals surface area contributed by atoms with Crippen LogP contribution in [0.2, 0.25) is 0 Å². The number of thioether (sulfide) groups is 1. The lowest BCUT2D eigenvalue weighted by atomic mass is 10.1. The number of nitrogen functional groups attached to an aromatic ring is 1. The molecule has 0 spiro atoms. The summed E-state index contributed by atoms with van der Waals surface area (Å²) in [6, 6.07) is 16.4. The number of anilines is 5. The summed E-state index contributed by atoms with van der Waals surface area (Å²) in [6.45, 7) is 8.80. The number of nitrogens with zero attached hydrogens (tertiary/aromatic N) is 5. The third-order valence-electron chi connectivity index (χ3n) is 5.55. The van der Waals surface area contributed by atoms with Crippen LogP contribution in [0.3, 0.4) is 0 Å². The number of fused-ring (bicyclic) bond motifs is 1. The van der Waals surface area contributed by atoms with E-state index in [-0.39, 0.29) is 0 Å². The summed E-state index contributed by atoms with van der Waals surface area (Å²) in [5.74, 6) is 1.03. The molecule has 2 aromatic carbocycles. The van der Waals surface area contributed by atoms with Crippen LogP contribution in [-0.4, -0.2) is 45.8 Å². The van der Waals surface area contributed by atoms with Crippen molar-refractivity contribution in [2.75, 3.05) is 47.2 Å². The second-order valence-electron chi connectivity index (χ2n) is 8.43. The molecule has 0 aliphatic heterocycles. The number of benzene rings is 2. The Kier molecular flexibility index (Phi) is 7.87. The van der Waals surface area contributed by atoms with Crippen molar-refractivity contribution in [2.24, 2.45) is 0 Å². The first-order valence-electron chi connectivity index (χ1n) is 11.7. The molecule has 0 unspecified atom stereocenters. The average molecular weight is 489 g/mol. The molecule has 0 radical (unpaired) electrons. The molecule has 0 aliphatic carbocycles. The molecule has 0 fully saturated rings. The smallest absolute Gasteiger partial charge is 0.233 e. The fourth-order valence-corrected chi connectivity index (χ4v) is 4.30. The molecule has 9 heteroatoms. The summed E-state index contributed by atoms with van der Waals surface area (Å²) in [7, 11) is 0. The SMILES string of the molecule is CCCN(CCNc1nc(Nc2ccc3nc(C)cc(N)c3c2)nc(SC)n1)c1cccc(C)c1. The van der Waals surface area contributed by atoms with Crippen LogP contribution >= 0.6 is 11.8 Å². The van der Waals surface area contributed by atoms with Crippen molar-refractivity contribution in [3.63, 3.8) is 0 Å². The number of hydrogen-bond donors (Lipinski definition) is 3. The van der Waals surface area contributed by atoms with E-state index in [0.29, 0.717) is 29.3 Å². The van der Waals surface area contributed by atoms with E-state index in [1.807, 2.05) is 37.4 Å². The zero-order chi connectivity index (χ0) is 24.8. The van der Waals surface area contributed by atoms with Gasteiger partial charge in [0.25, 0.3) is 0 Å². The van der Waals surface area contributed by atoms with Gasteiger partial charge in [0.1, 0.15) is 0 Å². The predicted octanol–water partition coefficient (Wildman–Crippen LogP) is 5.41. The van der Waals surface area contributed by atoms with Gasteiger partial charge in [0.15, 0.2) is 5.16 Å². The molecule has 0 atom stereocenters. The topological polar surface area (TPSA) is 105 Å². The second kappa shape index (κ2) is 11.2. The highest BCUT2D eigenvalue weighted by Gasteiger charge is 2.10. The molecule has 0 saturated heterocycles. The number of hydrogen-bond acceptors (Lipinski definition) is 9. The van der Waals surface area contributed by atoms with Gasteiger partial charge in [-0.2, -0.15) is 15.0 Å². The molecule has 0 aliphatic rings. The van der Waals surface area contributed by atoms with Gasteiger partial charge in [-0.15, -0.1) is 0 Å². The molecule has 0 amide bonds. The summed E-state index contributed by atoms with van der Waals surface area (Å²) in [5.41, 5.74) is 12.0. The van der Waals surface area contributed by atoms with E-state index in [1.165, 1.54) is 23.0 Å². The van der Waals surface area contributed by atoms with Crippen LogP contribution in [-0.2, 0) is 0 Å². The molecule has 2 aromatic heterocycles. The first-order valence-corrected chi connectivity index (χ1v) is 13.0. The fourth-order valence-electron chi connectivity index (χ4n) is 3.95. The van der Waals surface area contributed by atoms with Crippen molar-refractivity contribution in [3.05, 3.63) is 59.8 Å². The number of pyridine rings is 1. The van der Waals surface area contributed by atoms with Crippen LogP contribution in [0.15, 0.2) is 53.7 Å². The molecule has 35 heavy (non-hydrogen) atoms. The van der Waals surface area contributed by atoms with E-state index in [0.717, 1.165) is 41.8 Å². The summed E-state index contributed by atoms with van der Waals surface area (Å²) in [6.07, 6.45) is 3.03. The van der Waals surface area contributed by atoms with E-state index in [9.17, 15) is 0 Å². The normalized spacial score (nSPS) is 11.0. The van der Waals surface area contributed by atoms with Gasteiger partial charge in [0, 0.05) is 47.8 Å². The first kappa shape index (κ1) is 24.5. The number of nitrogens with one attached hydrogen (secondary N) is 2. The Morgan fingerprint density at radius 3 is 2.54 bits per heavy atom. The molecule has 4 rings (SSSR count). The van der Waals surface area contributed by atoms with E-state index < -0.39 is 0 Å². The van der Waals surface area contributed by atoms with E-state index in [4.69, 9.17) is 5.73 Å². The van der Waals surface area contributed by atoms with Gasteiger partial charge in [0.05, 0.1) is 5.52 Å². The number of aromatic nitrogens is 4. The largest absolute Gasteiger partial charge is 0.398 e. The standard InChI is InChI=1S/C26H32N8S/c1-5-12-34(20-8-6-7-17(2)14-20)13-11-28-24-31-25(33-26(32-24)35-4)30-19-9-10-23-21(16-19)22(27)15-18(3)29-23/h6-10,14-16H,5,11-13H2,1-4H3,(H2,27,29)(H2,28,30,31,32,33). The highest BCUT2D eigenvalue weighted by molar-refractivity contribution is 7.98. The van der Waals surface area contributed by atoms with Crippen LogP contribution in [0.5, 0.6) is 0 Å². The summed E-state index contributed by atoms with van der Waals surface area (Å²) in [4.78, 5) is 20.6. The number of aryl methyl sites for hydroxylation is 2. The number of rotatable bonds is 10. The lowest BCUT2D eigenvalue weighted by Gasteiger charge is -2.25. The molecular formula is C26H32N8S. The van der Waals surface area contributed by atoms with Crippen molar-refractivity contribution in [1.82, 2.24) is 19.9 Å². The maximum atomic E-state index is 6.21. The van der Waals surface area contributed by atoms with Gasteiger partial charge in [0.2, 0.25) is 11.9 Å². The molecule has 4 aromatic rings. The zero-order valence-electron chi connectivity index (χ0n) is 20.7. The fraction of sp³-hybridized carbons (Fsp3) is 0.308. The van der Waals surface area contributed by atoms with Crippen molar-refractivity contribution >= 4 is 51.6 Å². The molecule has 0 saturated carbocycles. The maximum absolute atomic E-state index is 6.21. The van der Waals surface area contributed by atoms with Crippen molar-refractivity contribution in [1.29, 1.82) is 0 Å². The van der Waals surface area contributed by atoms with Gasteiger partial charge in [-0.1, -0.05) is 30.8 Å². The van der Waals surface area contributed by atoms with Crippen molar-refractivity contribution < 1.29 is 0 Å². The van der Waals surface area contributed by atoms with Gasteiger partial charge >= 0.3 is 0 Å². The quantitative estimate of drug-likeness (QED) is 0.253. The summed E-state index contributed by atoms with van der Waals surface area (Å²) >= 11 is 1.48. The Balaban J connectivity index is 1.48. The van der Waals surface area contributed by atoms with Crippen molar-refractivity contribution in [3.8, 4) is 0 Å². The predicted molar refractivity (Wildman–Crippen MR) is 148 cm³/mol. The van der Waals surface area contributed by atoms with Crippen molar-refractivity contribution in [2.45, 2.75) is 32.3 Å². The van der Waals surface area contributed by atoms with Gasteiger partial charge < -0.3 is 21.3 Å². The van der Waals surface area contributed by atoms with Crippen LogP contribution in [0, 0.1) is 13.8 Å². The monoisotopic (exact) mass is 488 g/mol. The second-order valence-corrected chi connectivity index (χ2v) is 9.21. The highest BCUT2D eigenvalue weighted by atomic mass is 32.2. The Bertz CT molecular complexity index is 1310. The summed E-state index contributed by atoms with van der Waals surface area (Å²) < 4.78 is 0. The molecule has 2 heterocycles. The maximum Gasteiger partial charge on any atom is 0.233 e. The molecule has 8 nitrogen and oxygen atoms in total. The van der Waals surface area contributed by atoms with Gasteiger partial charge in [-0.25, -0.2) is 0 Å². The number of nitrogens with two attached hydrogens (primary N) is 1. The highest BCUT2D eigenvalue weighted by Crippen LogP contribution is 2.26. The Morgan fingerprint density at radius 1 is 0.943 bits per heavy atom. The van der Waals surface area contributed by atoms with Crippen LogP contribution < -0.4 is 21.3 Å². The molecule has 0 bridgehead atoms. The van der Waals surface area contributed by atoms with Crippen LogP contribution in [0.25, 0.3) is 10.9 Å². The Labute approximate surface area is 210 Å². The third kappa shape index (κ3) is 6.30.